The first-order valence-electron chi connectivity index (χ1n) is 42.6. The van der Waals surface area contributed by atoms with E-state index in [-0.39, 0.29) is 53.2 Å². The highest BCUT2D eigenvalue weighted by Crippen LogP contribution is 2.30. The van der Waals surface area contributed by atoms with E-state index < -0.39 is 16.9 Å². The van der Waals surface area contributed by atoms with Gasteiger partial charge in [-0.3, -0.25) is 88.7 Å². The van der Waals surface area contributed by atoms with Crippen molar-refractivity contribution in [2.45, 2.75) is 64.3 Å². The van der Waals surface area contributed by atoms with Crippen molar-refractivity contribution in [1.82, 2.24) is 111 Å². The number of likely N-dealkylation sites (tertiary alicyclic amines) is 1. The maximum atomic E-state index is 13.3. The van der Waals surface area contributed by atoms with E-state index in [9.17, 15) is 48.3 Å². The second-order valence-corrected chi connectivity index (χ2v) is 34.7. The molecule has 0 radical (unpaired) electrons. The smallest absolute Gasteiger partial charge is 0.332 e. The Balaban J connectivity index is 0.000000130. The third kappa shape index (κ3) is 18.7. The number of fused-ring (bicyclic) bond motifs is 4. The van der Waals surface area contributed by atoms with Crippen LogP contribution in [0.4, 0.5) is 23.8 Å². The number of anilines is 4. The van der Waals surface area contributed by atoms with Crippen molar-refractivity contribution in [2.75, 3.05) is 137 Å². The van der Waals surface area contributed by atoms with Crippen LogP contribution in [-0.2, 0) is 100 Å². The van der Waals surface area contributed by atoms with Gasteiger partial charge in [0.2, 0.25) is 29.7 Å². The molecule has 126 heavy (non-hydrogen) atoms. The fourth-order valence-electron chi connectivity index (χ4n) is 17.3. The van der Waals surface area contributed by atoms with Gasteiger partial charge >= 0.3 is 22.8 Å². The summed E-state index contributed by atoms with van der Waals surface area (Å²) in [7, 11) is 12.5. The van der Waals surface area contributed by atoms with Gasteiger partial charge in [0.1, 0.15) is 6.54 Å². The lowest BCUT2D eigenvalue weighted by Gasteiger charge is -2.33. The number of nitrogens with zero attached hydrogens (tertiary/aromatic N) is 23. The number of aryl methyl sites for hydroxylation is 4. The molecule has 18 rings (SSSR count). The zero-order valence-corrected chi connectivity index (χ0v) is 75.9. The molecule has 5 saturated heterocycles. The van der Waals surface area contributed by atoms with E-state index in [2.05, 4.69) is 119 Å². The van der Waals surface area contributed by atoms with Crippen molar-refractivity contribution in [3.63, 3.8) is 0 Å². The summed E-state index contributed by atoms with van der Waals surface area (Å²) in [4.78, 5) is 154. The Hall–Kier alpha value is -11.8. The second kappa shape index (κ2) is 39.4. The minimum Gasteiger partial charge on any atom is -0.395 e. The van der Waals surface area contributed by atoms with Gasteiger partial charge in [0.15, 0.2) is 44.7 Å². The highest BCUT2D eigenvalue weighted by Gasteiger charge is 2.33. The van der Waals surface area contributed by atoms with Gasteiger partial charge in [0.05, 0.1) is 26.2 Å². The van der Waals surface area contributed by atoms with E-state index >= 15 is 0 Å². The fourth-order valence-corrected chi connectivity index (χ4v) is 18.3. The molecule has 13 aromatic rings. The van der Waals surface area contributed by atoms with Crippen LogP contribution in [0.2, 0.25) is 0 Å². The number of aromatic nitrogens is 18. The number of rotatable bonds is 17. The van der Waals surface area contributed by atoms with Gasteiger partial charge in [0, 0.05) is 199 Å². The van der Waals surface area contributed by atoms with Crippen molar-refractivity contribution < 1.29 is 9.90 Å². The highest BCUT2D eigenvalue weighted by molar-refractivity contribution is 14.1. The normalized spacial score (nSPS) is 17.1. The number of hydrogen-bond acceptors (Lipinski definition) is 24. The zero-order chi connectivity index (χ0) is 88.7. The van der Waals surface area contributed by atoms with Crippen molar-refractivity contribution in [3.8, 4) is 0 Å². The number of imidazole rings is 4. The molecule has 0 spiro atoms. The van der Waals surface area contributed by atoms with Crippen LogP contribution in [0.25, 0.3) is 44.7 Å². The Morgan fingerprint density at radius 3 is 1.29 bits per heavy atom. The van der Waals surface area contributed by atoms with E-state index in [0.29, 0.717) is 120 Å². The summed E-state index contributed by atoms with van der Waals surface area (Å²) < 4.78 is 19.8. The molecule has 0 bridgehead atoms. The number of halogens is 2. The van der Waals surface area contributed by atoms with E-state index in [4.69, 9.17) is 15.0 Å². The molecule has 5 aliphatic heterocycles. The van der Waals surface area contributed by atoms with Crippen LogP contribution in [0.5, 0.6) is 0 Å². The summed E-state index contributed by atoms with van der Waals surface area (Å²) in [5.74, 6) is 3.26. The average molecular weight is 1900 g/mol. The first kappa shape index (κ1) is 89.1. The van der Waals surface area contributed by atoms with Crippen molar-refractivity contribution in [1.29, 1.82) is 0 Å². The third-order valence-corrected chi connectivity index (χ3v) is 26.0. The zero-order valence-electron chi connectivity index (χ0n) is 72.1. The van der Waals surface area contributed by atoms with Crippen LogP contribution in [-0.4, -0.2) is 225 Å². The fraction of sp³-hybridized carbons (Fsp3) is 0.437. The van der Waals surface area contributed by atoms with Gasteiger partial charge in [-0.25, -0.2) is 19.2 Å². The maximum Gasteiger partial charge on any atom is 0.332 e. The van der Waals surface area contributed by atoms with Gasteiger partial charge in [-0.1, -0.05) is 94.8 Å². The summed E-state index contributed by atoms with van der Waals surface area (Å²) in [6.45, 7) is 14.6. The summed E-state index contributed by atoms with van der Waals surface area (Å²) in [6, 6.07) is 37.9. The van der Waals surface area contributed by atoms with Crippen molar-refractivity contribution in [2.24, 2.45) is 68.2 Å². The largest absolute Gasteiger partial charge is 0.395 e. The quantitative estimate of drug-likeness (QED) is 0.0811. The van der Waals surface area contributed by atoms with Crippen LogP contribution >= 0.6 is 38.5 Å². The van der Waals surface area contributed by atoms with E-state index in [0.717, 1.165) is 178 Å². The Morgan fingerprint density at radius 2 is 0.825 bits per heavy atom. The number of pyridine rings is 2. The van der Waals surface area contributed by atoms with Gasteiger partial charge in [-0.2, -0.15) is 19.9 Å². The molecule has 1 amide bonds. The molecule has 5 aliphatic rings. The van der Waals surface area contributed by atoms with Crippen molar-refractivity contribution in [3.05, 3.63) is 247 Å². The predicted molar refractivity (Wildman–Crippen MR) is 498 cm³/mol. The Labute approximate surface area is 746 Å². The number of hydrogen-bond donors (Lipinski definition) is 5. The SMILES string of the molecule is Cn1c(=O)c2c(nc(N3CCCNCC3)n2CC(=O)N2CCCC2)n(C)c1=O.Cn1c(=O)c2c(nc(N3CCNCC(Cc4ccccn4)C3)n2Cc2ccccc2Br)n(C)c1=O.Cn1c(=O)c2c(nc(N3CCNCC(Cc4ccccn4)C3)n2Cc2ccccc2I)n(C)c1=O.Cn1c(=O)c2c(nc(N3CCN[C@H](CO)C3)n2Cc2ccccc2)n(C)c1=O. The molecule has 3 atom stereocenters. The van der Waals surface area contributed by atoms with Gasteiger partial charge in [-0.15, -0.1) is 0 Å². The Kier molecular flexibility index (Phi) is 27.9. The van der Waals surface area contributed by atoms with Crippen LogP contribution in [0.1, 0.15) is 47.3 Å². The van der Waals surface area contributed by atoms with Crippen LogP contribution < -0.4 is 85.9 Å². The third-order valence-electron chi connectivity index (χ3n) is 24.2. The minimum absolute atomic E-state index is 0.0121. The van der Waals surface area contributed by atoms with Gasteiger partial charge in [-0.05, 0) is 126 Å². The molecule has 39 heteroatoms. The first-order valence-corrected chi connectivity index (χ1v) is 44.4. The average Bonchev–Trinajstić information content (AvgIpc) is 1.60. The number of piperazine rings is 1. The van der Waals surface area contributed by atoms with E-state index in [1.807, 2.05) is 122 Å². The summed E-state index contributed by atoms with van der Waals surface area (Å²) in [6.07, 6.45) is 8.31. The van der Waals surface area contributed by atoms with E-state index in [1.54, 1.807) is 32.8 Å². The van der Waals surface area contributed by atoms with Gasteiger partial charge < -0.3 is 50.9 Å². The minimum atomic E-state index is -0.419. The van der Waals surface area contributed by atoms with Crippen LogP contribution in [0.3, 0.4) is 0 Å². The summed E-state index contributed by atoms with van der Waals surface area (Å²) in [5.41, 5.74) is 5.36. The lowest BCUT2D eigenvalue weighted by Crippen LogP contribution is -2.53. The monoisotopic (exact) mass is 1900 g/mol. The van der Waals surface area contributed by atoms with Crippen molar-refractivity contribution >= 4 is 113 Å². The molecular formula is C87H107BrIN27O10. The molecule has 2 unspecified atom stereocenters. The highest BCUT2D eigenvalue weighted by atomic mass is 127. The molecule has 5 N–H and O–H groups in total. The first-order chi connectivity index (χ1) is 60.9. The Bertz CT molecular complexity index is 6430. The Morgan fingerprint density at radius 1 is 0.421 bits per heavy atom. The molecule has 10 aromatic heterocycles. The number of aliphatic hydroxyl groups is 1. The lowest BCUT2D eigenvalue weighted by molar-refractivity contribution is -0.130. The number of nitrogens with one attached hydrogen (secondary N) is 4. The molecule has 37 nitrogen and oxygen atoms in total. The summed E-state index contributed by atoms with van der Waals surface area (Å²) in [5, 5.41) is 23.2. The standard InChI is InChI=1S/C25H28BrN7O2.C25H28IN7O2.C19H24N6O3.C18H27N7O3/c2*1-30-22-21(23(34)31(2)25(30)35)33(16-18-7-3-4-9-20(18)26)24(29-22)32-12-11-27-14-17(15-32)13-19-8-5-6-10-28-19;1-22-16-15(17(27)23(2)19(22)28)25(10-13-6-4-3-5-7-13)18(21-16)24-9-8-20-14(11-24)12-26;1-21-15-14(16(27)22(2)18(21)28)25(12-13(26)23-8-3-4-9-23)17(20-15)24-10-5-6-19-7-11-24/h2*3-10,17,27H,11-16H2,1-2H3;3-7,14,20,26H,8-12H2,1-2H3;19H,3-12H2,1-2H3/t;;14-;/m..0./s1. The molecule has 664 valence electrons. The number of benzene rings is 3. The van der Waals surface area contributed by atoms with Gasteiger partial charge in [0.25, 0.3) is 22.2 Å². The molecule has 0 saturated carbocycles. The summed E-state index contributed by atoms with van der Waals surface area (Å²) >= 11 is 5.96. The molecule has 0 aliphatic carbocycles. The maximum absolute atomic E-state index is 13.3. The number of aliphatic hydroxyl groups excluding tert-OH is 1. The number of carbonyl (C=O) groups excluding carboxylic acids is 1. The second-order valence-electron chi connectivity index (χ2n) is 32.7. The molecular weight excluding hydrogens is 1790 g/mol. The molecule has 3 aromatic carbocycles. The van der Waals surface area contributed by atoms with Crippen LogP contribution in [0.15, 0.2) is 170 Å². The van der Waals surface area contributed by atoms with Crippen LogP contribution in [0, 0.1) is 15.4 Å². The topological polar surface area (TPSA) is 375 Å². The predicted octanol–water partition coefficient (Wildman–Crippen LogP) is 1.77. The molecule has 5 fully saturated rings. The number of carbonyl (C=O) groups is 1. The lowest BCUT2D eigenvalue weighted by atomic mass is 10.0. The van der Waals surface area contributed by atoms with E-state index in [1.165, 1.54) is 46.5 Å². The number of amides is 1. The molecule has 15 heterocycles.